The molecule has 0 radical (unpaired) electrons. The van der Waals surface area contributed by atoms with Gasteiger partial charge in [0.15, 0.2) is 5.82 Å². The molecule has 136 valence electrons. The van der Waals surface area contributed by atoms with Crippen LogP contribution in [0, 0.1) is 6.92 Å². The molecule has 0 aliphatic carbocycles. The van der Waals surface area contributed by atoms with Crippen LogP contribution >= 0.6 is 22.9 Å². The molecular weight excluding hydrogens is 372 g/mol. The molecular formula is C17H19ClN6OS. The summed E-state index contributed by atoms with van der Waals surface area (Å²) in [7, 11) is 3.50. The minimum Gasteiger partial charge on any atom is -0.344 e. The third-order valence-corrected chi connectivity index (χ3v) is 5.88. The molecule has 1 amide bonds. The van der Waals surface area contributed by atoms with Crippen LogP contribution in [-0.2, 0) is 11.8 Å². The van der Waals surface area contributed by atoms with Crippen molar-refractivity contribution in [3.8, 4) is 0 Å². The van der Waals surface area contributed by atoms with Crippen molar-refractivity contribution in [2.45, 2.75) is 25.8 Å². The molecule has 1 unspecified atom stereocenters. The molecule has 4 heterocycles. The zero-order chi connectivity index (χ0) is 18.4. The van der Waals surface area contributed by atoms with Crippen LogP contribution in [0.5, 0.6) is 0 Å². The highest BCUT2D eigenvalue weighted by Gasteiger charge is 2.36. The SMILES string of the molecule is Cc1cc2c(N3CCCC3C(=O)N(C)c3nn(C)cc3Cl)ncnc2s1. The van der Waals surface area contributed by atoms with Gasteiger partial charge in [0.25, 0.3) is 5.91 Å². The molecule has 3 aromatic rings. The lowest BCUT2D eigenvalue weighted by Gasteiger charge is -2.28. The van der Waals surface area contributed by atoms with Crippen LogP contribution in [-0.4, -0.2) is 45.3 Å². The number of nitrogens with zero attached hydrogens (tertiary/aromatic N) is 6. The van der Waals surface area contributed by atoms with E-state index in [4.69, 9.17) is 11.6 Å². The Kier molecular flexibility index (Phi) is 4.32. The highest BCUT2D eigenvalue weighted by Crippen LogP contribution is 2.34. The summed E-state index contributed by atoms with van der Waals surface area (Å²) in [5, 5.41) is 5.77. The van der Waals surface area contributed by atoms with Gasteiger partial charge in [-0.2, -0.15) is 5.10 Å². The van der Waals surface area contributed by atoms with Crippen molar-refractivity contribution >= 4 is 50.7 Å². The zero-order valence-electron chi connectivity index (χ0n) is 14.8. The molecule has 0 spiro atoms. The van der Waals surface area contributed by atoms with Crippen molar-refractivity contribution in [2.75, 3.05) is 23.4 Å². The Balaban J connectivity index is 1.67. The van der Waals surface area contributed by atoms with Gasteiger partial charge in [0, 0.05) is 31.7 Å². The molecule has 4 rings (SSSR count). The number of carbonyl (C=O) groups excluding carboxylic acids is 1. The third kappa shape index (κ3) is 2.83. The first-order valence-corrected chi connectivity index (χ1v) is 9.59. The number of likely N-dealkylation sites (N-methyl/N-ethyl adjacent to an activating group) is 1. The first kappa shape index (κ1) is 17.2. The van der Waals surface area contributed by atoms with E-state index < -0.39 is 0 Å². The number of anilines is 2. The van der Waals surface area contributed by atoms with Crippen LogP contribution in [0.4, 0.5) is 11.6 Å². The maximum absolute atomic E-state index is 13.2. The monoisotopic (exact) mass is 390 g/mol. The minimum absolute atomic E-state index is 0.0261. The predicted molar refractivity (Wildman–Crippen MR) is 104 cm³/mol. The number of fused-ring (bicyclic) bond motifs is 1. The van der Waals surface area contributed by atoms with Crippen LogP contribution in [0.3, 0.4) is 0 Å². The largest absolute Gasteiger partial charge is 0.344 e. The van der Waals surface area contributed by atoms with Crippen molar-refractivity contribution in [1.82, 2.24) is 19.7 Å². The second-order valence-corrected chi connectivity index (χ2v) is 8.14. The van der Waals surface area contributed by atoms with Gasteiger partial charge in [-0.25, -0.2) is 9.97 Å². The summed E-state index contributed by atoms with van der Waals surface area (Å²) < 4.78 is 1.61. The summed E-state index contributed by atoms with van der Waals surface area (Å²) in [6.07, 6.45) is 4.99. The van der Waals surface area contributed by atoms with Gasteiger partial charge in [-0.15, -0.1) is 11.3 Å². The van der Waals surface area contributed by atoms with Crippen molar-refractivity contribution in [3.63, 3.8) is 0 Å². The third-order valence-electron chi connectivity index (χ3n) is 4.66. The van der Waals surface area contributed by atoms with E-state index in [2.05, 4.69) is 33.0 Å². The first-order chi connectivity index (χ1) is 12.5. The quantitative estimate of drug-likeness (QED) is 0.687. The molecule has 1 aliphatic heterocycles. The van der Waals surface area contributed by atoms with Crippen LogP contribution in [0.1, 0.15) is 17.7 Å². The smallest absolute Gasteiger partial charge is 0.250 e. The summed E-state index contributed by atoms with van der Waals surface area (Å²) in [4.78, 5) is 27.8. The van der Waals surface area contributed by atoms with Gasteiger partial charge in [-0.05, 0) is 25.8 Å². The van der Waals surface area contributed by atoms with Crippen LogP contribution in [0.15, 0.2) is 18.6 Å². The highest BCUT2D eigenvalue weighted by molar-refractivity contribution is 7.18. The fourth-order valence-electron chi connectivity index (χ4n) is 3.47. The van der Waals surface area contributed by atoms with E-state index in [1.54, 1.807) is 47.5 Å². The highest BCUT2D eigenvalue weighted by atomic mass is 35.5. The van der Waals surface area contributed by atoms with Crippen LogP contribution in [0.25, 0.3) is 10.2 Å². The molecule has 9 heteroatoms. The number of halogens is 1. The maximum Gasteiger partial charge on any atom is 0.250 e. The Morgan fingerprint density at radius 3 is 2.96 bits per heavy atom. The van der Waals surface area contributed by atoms with Gasteiger partial charge in [-0.3, -0.25) is 14.4 Å². The number of carbonyl (C=O) groups is 1. The number of thiophene rings is 1. The number of hydrogen-bond acceptors (Lipinski definition) is 6. The van der Waals surface area contributed by atoms with Crippen molar-refractivity contribution in [3.05, 3.63) is 28.5 Å². The molecule has 3 aromatic heterocycles. The Hall–Kier alpha value is -2.19. The molecule has 0 saturated carbocycles. The lowest BCUT2D eigenvalue weighted by Crippen LogP contribution is -2.45. The van der Waals surface area contributed by atoms with E-state index in [0.717, 1.165) is 35.4 Å². The lowest BCUT2D eigenvalue weighted by molar-refractivity contribution is -0.119. The van der Waals surface area contributed by atoms with E-state index in [1.165, 1.54) is 4.88 Å². The number of rotatable bonds is 3. The van der Waals surface area contributed by atoms with Gasteiger partial charge in [-0.1, -0.05) is 11.6 Å². The molecule has 1 fully saturated rings. The predicted octanol–water partition coefficient (Wildman–Crippen LogP) is 3.02. The Bertz CT molecular complexity index is 983. The fourth-order valence-corrected chi connectivity index (χ4v) is 4.62. The second kappa shape index (κ2) is 6.51. The number of amides is 1. The molecule has 26 heavy (non-hydrogen) atoms. The first-order valence-electron chi connectivity index (χ1n) is 8.40. The molecule has 1 atom stereocenters. The average molecular weight is 391 g/mol. The van der Waals surface area contributed by atoms with E-state index in [-0.39, 0.29) is 11.9 Å². The summed E-state index contributed by atoms with van der Waals surface area (Å²) >= 11 is 7.85. The molecule has 1 saturated heterocycles. The summed E-state index contributed by atoms with van der Waals surface area (Å²) in [5.74, 6) is 1.28. The molecule has 0 N–H and O–H groups in total. The van der Waals surface area contributed by atoms with Gasteiger partial charge < -0.3 is 4.90 Å². The number of aromatic nitrogens is 4. The van der Waals surface area contributed by atoms with Crippen molar-refractivity contribution < 1.29 is 4.79 Å². The zero-order valence-corrected chi connectivity index (χ0v) is 16.4. The second-order valence-electron chi connectivity index (χ2n) is 6.50. The van der Waals surface area contributed by atoms with E-state index in [9.17, 15) is 4.79 Å². The van der Waals surface area contributed by atoms with E-state index >= 15 is 0 Å². The molecule has 0 bridgehead atoms. The van der Waals surface area contributed by atoms with E-state index in [0.29, 0.717) is 10.8 Å². The molecule has 0 aromatic carbocycles. The Morgan fingerprint density at radius 2 is 2.23 bits per heavy atom. The van der Waals surface area contributed by atoms with Crippen LogP contribution in [0.2, 0.25) is 5.02 Å². The number of aryl methyl sites for hydroxylation is 2. The van der Waals surface area contributed by atoms with E-state index in [1.807, 2.05) is 0 Å². The molecule has 7 nitrogen and oxygen atoms in total. The van der Waals surface area contributed by atoms with Crippen LogP contribution < -0.4 is 9.80 Å². The van der Waals surface area contributed by atoms with Crippen molar-refractivity contribution in [2.24, 2.45) is 7.05 Å². The Morgan fingerprint density at radius 1 is 1.42 bits per heavy atom. The Labute approximate surface area is 160 Å². The van der Waals surface area contributed by atoms with Gasteiger partial charge >= 0.3 is 0 Å². The number of hydrogen-bond donors (Lipinski definition) is 0. The summed E-state index contributed by atoms with van der Waals surface area (Å²) in [5.41, 5.74) is 0. The van der Waals surface area contributed by atoms with Gasteiger partial charge in [0.2, 0.25) is 0 Å². The lowest BCUT2D eigenvalue weighted by atomic mass is 10.2. The molecule has 1 aliphatic rings. The van der Waals surface area contributed by atoms with Gasteiger partial charge in [0.1, 0.15) is 28.0 Å². The average Bonchev–Trinajstić information content (AvgIpc) is 3.30. The fraction of sp³-hybridized carbons (Fsp3) is 0.412. The summed E-state index contributed by atoms with van der Waals surface area (Å²) in [6, 6.07) is 1.81. The summed E-state index contributed by atoms with van der Waals surface area (Å²) in [6.45, 7) is 2.85. The standard InChI is InChI=1S/C17H19ClN6OS/c1-10-7-11-14(19-9-20-16(11)26-10)24-6-4-5-13(24)17(25)23(3)15-12(18)8-22(2)21-15/h7-9,13H,4-6H2,1-3H3. The minimum atomic E-state index is -0.281. The maximum atomic E-state index is 13.2. The van der Waals surface area contributed by atoms with Gasteiger partial charge in [0.05, 0.1) is 5.39 Å². The topological polar surface area (TPSA) is 67.2 Å². The van der Waals surface area contributed by atoms with Crippen molar-refractivity contribution in [1.29, 1.82) is 0 Å². The normalized spacial score (nSPS) is 17.2.